The molecule has 1 amide bonds. The summed E-state index contributed by atoms with van der Waals surface area (Å²) in [7, 11) is 0. The Hall–Kier alpha value is -2.45. The van der Waals surface area contributed by atoms with Crippen molar-refractivity contribution in [1.29, 1.82) is 0 Å². The van der Waals surface area contributed by atoms with E-state index in [0.29, 0.717) is 24.0 Å². The average molecular weight is 428 g/mol. The number of nitrogens with zero attached hydrogens (tertiary/aromatic N) is 2. The molecule has 0 bridgehead atoms. The van der Waals surface area contributed by atoms with E-state index < -0.39 is 0 Å². The van der Waals surface area contributed by atoms with E-state index in [1.54, 1.807) is 28.7 Å². The van der Waals surface area contributed by atoms with Crippen molar-refractivity contribution in [2.75, 3.05) is 11.5 Å². The van der Waals surface area contributed by atoms with Crippen LogP contribution < -0.4 is 10.9 Å². The van der Waals surface area contributed by atoms with E-state index in [1.165, 1.54) is 17.3 Å². The first-order valence-corrected chi connectivity index (χ1v) is 11.4. The van der Waals surface area contributed by atoms with Crippen molar-refractivity contribution in [2.24, 2.45) is 0 Å². The van der Waals surface area contributed by atoms with Gasteiger partial charge in [0.25, 0.3) is 5.56 Å². The first kappa shape index (κ1) is 19.8. The third-order valence-electron chi connectivity index (χ3n) is 4.59. The number of nitrogens with one attached hydrogen (secondary N) is 1. The molecular formula is C21H21N3O3S2. The van der Waals surface area contributed by atoms with Gasteiger partial charge in [0.1, 0.15) is 5.76 Å². The molecule has 0 aliphatic carbocycles. The van der Waals surface area contributed by atoms with Gasteiger partial charge in [-0.15, -0.1) is 11.8 Å². The summed E-state index contributed by atoms with van der Waals surface area (Å²) in [5, 5.41) is 3.44. The highest BCUT2D eigenvalue weighted by Crippen LogP contribution is 2.28. The summed E-state index contributed by atoms with van der Waals surface area (Å²) in [4.78, 5) is 30.7. The van der Waals surface area contributed by atoms with Crippen LogP contribution in [0, 0.1) is 0 Å². The van der Waals surface area contributed by atoms with E-state index in [9.17, 15) is 9.59 Å². The summed E-state index contributed by atoms with van der Waals surface area (Å²) in [5.41, 5.74) is 2.03. The van der Waals surface area contributed by atoms with Crippen molar-refractivity contribution >= 4 is 29.4 Å². The van der Waals surface area contributed by atoms with Gasteiger partial charge < -0.3 is 9.73 Å². The van der Waals surface area contributed by atoms with Gasteiger partial charge in [-0.3, -0.25) is 14.2 Å². The number of thioether (sulfide) groups is 2. The van der Waals surface area contributed by atoms with Crippen molar-refractivity contribution in [2.45, 2.75) is 36.0 Å². The zero-order valence-electron chi connectivity index (χ0n) is 15.8. The molecule has 1 aliphatic heterocycles. The number of carbonyl (C=O) groups excluding carboxylic acids is 1. The number of aromatic nitrogens is 2. The Kier molecular flexibility index (Phi) is 6.41. The topological polar surface area (TPSA) is 77.1 Å². The van der Waals surface area contributed by atoms with Crippen LogP contribution in [-0.4, -0.2) is 27.0 Å². The van der Waals surface area contributed by atoms with Crippen LogP contribution in [0.2, 0.25) is 0 Å². The average Bonchev–Trinajstić information content (AvgIpc) is 3.43. The van der Waals surface area contributed by atoms with Crippen molar-refractivity contribution < 1.29 is 9.21 Å². The van der Waals surface area contributed by atoms with Gasteiger partial charge in [-0.25, -0.2) is 4.98 Å². The van der Waals surface area contributed by atoms with Gasteiger partial charge in [0.05, 0.1) is 29.2 Å². The first-order chi connectivity index (χ1) is 14.2. The molecule has 150 valence electrons. The van der Waals surface area contributed by atoms with Gasteiger partial charge in [-0.05, 0) is 24.1 Å². The molecule has 0 fully saturated rings. The molecular weight excluding hydrogens is 406 g/mol. The Bertz CT molecular complexity index is 1030. The Balaban J connectivity index is 1.46. The van der Waals surface area contributed by atoms with Gasteiger partial charge in [-0.1, -0.05) is 42.1 Å². The summed E-state index contributed by atoms with van der Waals surface area (Å²) in [5.74, 6) is 1.67. The second kappa shape index (κ2) is 9.37. The minimum Gasteiger partial charge on any atom is -0.467 e. The number of amides is 1. The zero-order chi connectivity index (χ0) is 20.1. The summed E-state index contributed by atoms with van der Waals surface area (Å²) in [6, 6.07) is 13.7. The maximum atomic E-state index is 13.0. The third kappa shape index (κ3) is 4.94. The monoisotopic (exact) mass is 427 g/mol. The SMILES string of the molecule is O=C(CSc1nc2c(c(=O)n1CCc1ccccc1)SCC2)NCc1ccco1. The van der Waals surface area contributed by atoms with Gasteiger partial charge in [0.15, 0.2) is 5.16 Å². The second-order valence-corrected chi connectivity index (χ2v) is 8.65. The lowest BCUT2D eigenvalue weighted by atomic mass is 10.1. The summed E-state index contributed by atoms with van der Waals surface area (Å²) in [6.45, 7) is 0.890. The number of rotatable bonds is 8. The molecule has 0 spiro atoms. The van der Waals surface area contributed by atoms with Crippen molar-refractivity contribution in [3.05, 3.63) is 76.1 Å². The molecule has 0 radical (unpaired) electrons. The Morgan fingerprint density at radius 1 is 1.24 bits per heavy atom. The maximum Gasteiger partial charge on any atom is 0.268 e. The van der Waals surface area contributed by atoms with Gasteiger partial charge >= 0.3 is 0 Å². The van der Waals surface area contributed by atoms with E-state index in [0.717, 1.165) is 29.2 Å². The van der Waals surface area contributed by atoms with Crippen LogP contribution in [0.25, 0.3) is 0 Å². The standard InChI is InChI=1S/C21H21N3O3S2/c25-18(22-13-16-7-4-11-27-16)14-29-21-23-17-9-12-28-19(17)20(26)24(21)10-8-15-5-2-1-3-6-15/h1-7,11H,8-10,12-14H2,(H,22,25). The zero-order valence-corrected chi connectivity index (χ0v) is 17.4. The Morgan fingerprint density at radius 3 is 2.90 bits per heavy atom. The lowest BCUT2D eigenvalue weighted by Crippen LogP contribution is -2.28. The maximum absolute atomic E-state index is 13.0. The lowest BCUT2D eigenvalue weighted by Gasteiger charge is -2.13. The van der Waals surface area contributed by atoms with Crippen LogP contribution in [0.4, 0.5) is 0 Å². The smallest absolute Gasteiger partial charge is 0.268 e. The van der Waals surface area contributed by atoms with Gasteiger partial charge in [0, 0.05) is 18.7 Å². The van der Waals surface area contributed by atoms with Crippen molar-refractivity contribution in [1.82, 2.24) is 14.9 Å². The third-order valence-corrected chi connectivity index (χ3v) is 6.67. The van der Waals surface area contributed by atoms with Crippen LogP contribution in [0.3, 0.4) is 0 Å². The van der Waals surface area contributed by atoms with E-state index in [2.05, 4.69) is 17.4 Å². The Morgan fingerprint density at radius 2 is 2.10 bits per heavy atom. The van der Waals surface area contributed by atoms with Gasteiger partial charge in [0.2, 0.25) is 5.91 Å². The van der Waals surface area contributed by atoms with E-state index >= 15 is 0 Å². The molecule has 0 unspecified atom stereocenters. The van der Waals surface area contributed by atoms with Crippen LogP contribution in [-0.2, 0) is 30.7 Å². The number of hydrogen-bond donors (Lipinski definition) is 1. The molecule has 3 heterocycles. The van der Waals surface area contributed by atoms with E-state index in [4.69, 9.17) is 9.40 Å². The highest BCUT2D eigenvalue weighted by atomic mass is 32.2. The second-order valence-electron chi connectivity index (χ2n) is 6.61. The summed E-state index contributed by atoms with van der Waals surface area (Å²) in [6.07, 6.45) is 3.12. The molecule has 0 atom stereocenters. The summed E-state index contributed by atoms with van der Waals surface area (Å²) >= 11 is 2.88. The van der Waals surface area contributed by atoms with Crippen LogP contribution in [0.1, 0.15) is 17.0 Å². The van der Waals surface area contributed by atoms with E-state index in [1.807, 2.05) is 24.3 Å². The minimum atomic E-state index is -0.120. The number of furan rings is 1. The number of aryl methyl sites for hydroxylation is 2. The highest BCUT2D eigenvalue weighted by Gasteiger charge is 2.22. The molecule has 0 saturated carbocycles. The van der Waals surface area contributed by atoms with E-state index in [-0.39, 0.29) is 17.2 Å². The summed E-state index contributed by atoms with van der Waals surface area (Å²) < 4.78 is 6.94. The van der Waals surface area contributed by atoms with Crippen LogP contribution in [0.15, 0.2) is 68.0 Å². The molecule has 4 rings (SSSR count). The quantitative estimate of drug-likeness (QED) is 0.440. The molecule has 29 heavy (non-hydrogen) atoms. The number of carbonyl (C=O) groups is 1. The number of benzene rings is 1. The molecule has 6 nitrogen and oxygen atoms in total. The fraction of sp³-hybridized carbons (Fsp3) is 0.286. The highest BCUT2D eigenvalue weighted by molar-refractivity contribution is 8.00. The number of fused-ring (bicyclic) bond motifs is 1. The molecule has 3 aromatic rings. The minimum absolute atomic E-state index is 0.00641. The molecule has 1 aliphatic rings. The molecule has 0 saturated heterocycles. The lowest BCUT2D eigenvalue weighted by molar-refractivity contribution is -0.118. The van der Waals surface area contributed by atoms with Crippen molar-refractivity contribution in [3.63, 3.8) is 0 Å². The number of hydrogen-bond acceptors (Lipinski definition) is 6. The van der Waals surface area contributed by atoms with Crippen molar-refractivity contribution in [3.8, 4) is 0 Å². The molecule has 1 aromatic carbocycles. The largest absolute Gasteiger partial charge is 0.467 e. The van der Waals surface area contributed by atoms with Gasteiger partial charge in [-0.2, -0.15) is 0 Å². The predicted octanol–water partition coefficient (Wildman–Crippen LogP) is 3.14. The first-order valence-electron chi connectivity index (χ1n) is 9.43. The molecule has 2 aromatic heterocycles. The fourth-order valence-corrected chi connectivity index (χ4v) is 5.01. The molecule has 8 heteroatoms. The van der Waals surface area contributed by atoms with Crippen LogP contribution in [0.5, 0.6) is 0 Å². The predicted molar refractivity (Wildman–Crippen MR) is 114 cm³/mol. The normalized spacial score (nSPS) is 12.7. The van der Waals surface area contributed by atoms with Crippen LogP contribution >= 0.6 is 23.5 Å². The molecule has 1 N–H and O–H groups in total. The fourth-order valence-electron chi connectivity index (χ4n) is 3.10. The Labute approximate surface area is 177 Å².